The smallest absolute Gasteiger partial charge is 0.237 e. The minimum atomic E-state index is -0.373. The monoisotopic (exact) mass is 378 g/mol. The van der Waals surface area contributed by atoms with Crippen molar-refractivity contribution in [2.24, 2.45) is 0 Å². The summed E-state index contributed by atoms with van der Waals surface area (Å²) in [6.07, 6.45) is 3.54. The van der Waals surface area contributed by atoms with Crippen molar-refractivity contribution in [3.8, 4) is 17.5 Å². The van der Waals surface area contributed by atoms with Gasteiger partial charge in [0, 0.05) is 24.1 Å². The van der Waals surface area contributed by atoms with Gasteiger partial charge in [0.15, 0.2) is 5.16 Å². The number of nitriles is 1. The van der Waals surface area contributed by atoms with E-state index in [0.717, 1.165) is 11.4 Å². The number of methoxy groups -OCH3 is 1. The number of nitrogens with zero attached hydrogens (tertiary/aromatic N) is 3. The predicted molar refractivity (Wildman–Crippen MR) is 105 cm³/mol. The summed E-state index contributed by atoms with van der Waals surface area (Å²) in [6.45, 7) is 1.82. The second-order valence-corrected chi connectivity index (χ2v) is 7.03. The van der Waals surface area contributed by atoms with Gasteiger partial charge in [-0.1, -0.05) is 23.9 Å². The molecule has 1 unspecified atom stereocenters. The number of benzene rings is 2. The molecule has 1 heterocycles. The van der Waals surface area contributed by atoms with Crippen LogP contribution in [0.5, 0.6) is 5.75 Å². The van der Waals surface area contributed by atoms with Crippen molar-refractivity contribution in [1.82, 2.24) is 9.55 Å². The van der Waals surface area contributed by atoms with E-state index in [1.807, 2.05) is 42.0 Å². The quantitative estimate of drug-likeness (QED) is 0.659. The van der Waals surface area contributed by atoms with E-state index in [-0.39, 0.29) is 11.2 Å². The molecule has 1 N–H and O–H groups in total. The van der Waals surface area contributed by atoms with Crippen molar-refractivity contribution < 1.29 is 9.53 Å². The van der Waals surface area contributed by atoms with E-state index in [1.165, 1.54) is 11.8 Å². The molecule has 0 fully saturated rings. The Morgan fingerprint density at radius 3 is 2.89 bits per heavy atom. The lowest BCUT2D eigenvalue weighted by Crippen LogP contribution is -2.22. The summed E-state index contributed by atoms with van der Waals surface area (Å²) in [5.74, 6) is 0.593. The van der Waals surface area contributed by atoms with Gasteiger partial charge in [0.05, 0.1) is 29.7 Å². The second-order valence-electron chi connectivity index (χ2n) is 5.72. The van der Waals surface area contributed by atoms with Crippen molar-refractivity contribution >= 4 is 23.4 Å². The van der Waals surface area contributed by atoms with Gasteiger partial charge in [-0.2, -0.15) is 5.26 Å². The molecular formula is C20H18N4O2S. The van der Waals surface area contributed by atoms with Crippen LogP contribution in [0.2, 0.25) is 0 Å². The van der Waals surface area contributed by atoms with Gasteiger partial charge in [0.25, 0.3) is 0 Å². The molecule has 2 aromatic carbocycles. The topological polar surface area (TPSA) is 79.9 Å². The highest BCUT2D eigenvalue weighted by molar-refractivity contribution is 8.00. The third kappa shape index (κ3) is 4.49. The highest BCUT2D eigenvalue weighted by atomic mass is 32.2. The van der Waals surface area contributed by atoms with Gasteiger partial charge in [-0.3, -0.25) is 9.36 Å². The van der Waals surface area contributed by atoms with E-state index in [4.69, 9.17) is 10.00 Å². The second kappa shape index (κ2) is 8.43. The zero-order chi connectivity index (χ0) is 19.2. The van der Waals surface area contributed by atoms with Gasteiger partial charge in [0.1, 0.15) is 5.75 Å². The van der Waals surface area contributed by atoms with E-state index in [9.17, 15) is 4.79 Å². The maximum absolute atomic E-state index is 12.5. The van der Waals surface area contributed by atoms with Gasteiger partial charge >= 0.3 is 0 Å². The fraction of sp³-hybridized carbons (Fsp3) is 0.150. The number of aromatic nitrogens is 2. The molecule has 1 atom stereocenters. The van der Waals surface area contributed by atoms with Gasteiger partial charge < -0.3 is 10.1 Å². The van der Waals surface area contributed by atoms with E-state index >= 15 is 0 Å². The lowest BCUT2D eigenvalue weighted by atomic mass is 10.2. The highest BCUT2D eigenvalue weighted by Crippen LogP contribution is 2.27. The molecule has 6 nitrogen and oxygen atoms in total. The molecule has 0 aliphatic carbocycles. The number of nitrogens with one attached hydrogen (secondary N) is 1. The molecule has 0 spiro atoms. The van der Waals surface area contributed by atoms with Crippen LogP contribution < -0.4 is 10.1 Å². The number of carbonyl (C=O) groups is 1. The van der Waals surface area contributed by atoms with Crippen LogP contribution in [0.25, 0.3) is 5.69 Å². The fourth-order valence-corrected chi connectivity index (χ4v) is 3.34. The maximum Gasteiger partial charge on any atom is 0.237 e. The van der Waals surface area contributed by atoms with Crippen LogP contribution in [0.4, 0.5) is 5.69 Å². The Balaban J connectivity index is 1.73. The van der Waals surface area contributed by atoms with Gasteiger partial charge in [-0.25, -0.2) is 4.98 Å². The van der Waals surface area contributed by atoms with Crippen molar-refractivity contribution in [2.45, 2.75) is 17.3 Å². The summed E-state index contributed by atoms with van der Waals surface area (Å²) in [5, 5.41) is 12.1. The van der Waals surface area contributed by atoms with Crippen LogP contribution >= 0.6 is 11.8 Å². The predicted octanol–water partition coefficient (Wildman–Crippen LogP) is 3.87. The number of hydrogen-bond acceptors (Lipinski definition) is 5. The van der Waals surface area contributed by atoms with E-state index in [1.54, 1.807) is 37.6 Å². The normalized spacial score (nSPS) is 11.4. The Hall–Kier alpha value is -3.24. The summed E-state index contributed by atoms with van der Waals surface area (Å²) in [6, 6.07) is 16.5. The zero-order valence-corrected chi connectivity index (χ0v) is 15.7. The Kier molecular flexibility index (Phi) is 5.79. The summed E-state index contributed by atoms with van der Waals surface area (Å²) >= 11 is 1.36. The number of imidazole rings is 1. The van der Waals surface area contributed by atoms with Crippen LogP contribution in [0.15, 0.2) is 66.1 Å². The zero-order valence-electron chi connectivity index (χ0n) is 14.9. The Morgan fingerprint density at radius 2 is 2.11 bits per heavy atom. The fourth-order valence-electron chi connectivity index (χ4n) is 2.46. The Bertz CT molecular complexity index is 993. The Morgan fingerprint density at radius 1 is 1.30 bits per heavy atom. The molecule has 0 radical (unpaired) electrons. The first-order chi connectivity index (χ1) is 13.1. The molecule has 0 saturated carbocycles. The molecular weight excluding hydrogens is 360 g/mol. The molecule has 7 heteroatoms. The van der Waals surface area contributed by atoms with E-state index in [2.05, 4.69) is 16.4 Å². The molecule has 1 amide bonds. The molecule has 3 rings (SSSR count). The average molecular weight is 378 g/mol. The molecule has 0 aliphatic rings. The molecule has 0 saturated heterocycles. The van der Waals surface area contributed by atoms with Crippen molar-refractivity contribution in [1.29, 1.82) is 5.26 Å². The molecule has 136 valence electrons. The van der Waals surface area contributed by atoms with Crippen molar-refractivity contribution in [2.75, 3.05) is 12.4 Å². The summed E-state index contributed by atoms with van der Waals surface area (Å²) in [4.78, 5) is 16.9. The van der Waals surface area contributed by atoms with E-state index < -0.39 is 0 Å². The summed E-state index contributed by atoms with van der Waals surface area (Å²) in [7, 11) is 1.62. The van der Waals surface area contributed by atoms with Crippen LogP contribution in [-0.2, 0) is 4.79 Å². The third-order valence-electron chi connectivity index (χ3n) is 3.85. The standard InChI is InChI=1S/C20H18N4O2S/c1-14(19(25)23-16-6-3-5-15(11-16)13-21)27-20-22-9-10-24(20)17-7-4-8-18(12-17)26-2/h3-12,14H,1-2H3,(H,23,25). The van der Waals surface area contributed by atoms with Crippen LogP contribution in [0.1, 0.15) is 12.5 Å². The minimum Gasteiger partial charge on any atom is -0.497 e. The largest absolute Gasteiger partial charge is 0.497 e. The molecule has 3 aromatic rings. The summed E-state index contributed by atoms with van der Waals surface area (Å²) < 4.78 is 7.18. The molecule has 27 heavy (non-hydrogen) atoms. The molecule has 1 aromatic heterocycles. The van der Waals surface area contributed by atoms with Gasteiger partial charge in [-0.05, 0) is 37.3 Å². The first-order valence-corrected chi connectivity index (χ1v) is 9.14. The van der Waals surface area contributed by atoms with Gasteiger partial charge in [0.2, 0.25) is 5.91 Å². The number of hydrogen-bond donors (Lipinski definition) is 1. The minimum absolute atomic E-state index is 0.157. The number of anilines is 1. The van der Waals surface area contributed by atoms with Crippen molar-refractivity contribution in [3.63, 3.8) is 0 Å². The lowest BCUT2D eigenvalue weighted by Gasteiger charge is -2.13. The number of ether oxygens (including phenoxy) is 1. The average Bonchev–Trinajstić information content (AvgIpc) is 3.16. The van der Waals surface area contributed by atoms with Crippen molar-refractivity contribution in [3.05, 3.63) is 66.5 Å². The SMILES string of the molecule is COc1cccc(-n2ccnc2SC(C)C(=O)Nc2cccc(C#N)c2)c1. The number of amides is 1. The Labute approximate surface area is 161 Å². The maximum atomic E-state index is 12.5. The number of rotatable bonds is 6. The van der Waals surface area contributed by atoms with Crippen LogP contribution in [-0.4, -0.2) is 27.8 Å². The highest BCUT2D eigenvalue weighted by Gasteiger charge is 2.18. The van der Waals surface area contributed by atoms with E-state index in [0.29, 0.717) is 16.4 Å². The summed E-state index contributed by atoms with van der Waals surface area (Å²) in [5.41, 5.74) is 2.01. The number of carbonyl (C=O) groups excluding carboxylic acids is 1. The molecule has 0 aliphatic heterocycles. The lowest BCUT2D eigenvalue weighted by molar-refractivity contribution is -0.115. The first kappa shape index (κ1) is 18.5. The number of thioether (sulfide) groups is 1. The van der Waals surface area contributed by atoms with Crippen LogP contribution in [0.3, 0.4) is 0 Å². The third-order valence-corrected chi connectivity index (χ3v) is 4.93. The first-order valence-electron chi connectivity index (χ1n) is 8.26. The van der Waals surface area contributed by atoms with Crippen LogP contribution in [0, 0.1) is 11.3 Å². The van der Waals surface area contributed by atoms with Gasteiger partial charge in [-0.15, -0.1) is 0 Å². The molecule has 0 bridgehead atoms.